The van der Waals surface area contributed by atoms with Gasteiger partial charge in [0.2, 0.25) is 0 Å². The van der Waals surface area contributed by atoms with Crippen LogP contribution in [0.1, 0.15) is 45.2 Å². The van der Waals surface area contributed by atoms with E-state index in [4.69, 9.17) is 32.9 Å². The summed E-state index contributed by atoms with van der Waals surface area (Å²) < 4.78 is 0. The molecule has 3 aliphatic carbocycles. The number of benzene rings is 3. The minimum Gasteiger partial charge on any atom is -0.397 e. The fourth-order valence-corrected chi connectivity index (χ4v) is 6.39. The van der Waals surface area contributed by atoms with Crippen LogP contribution in [0.15, 0.2) is 85.5 Å². The number of hydrogen-bond donors (Lipinski definition) is 4. The number of hydrogen-bond acceptors (Lipinski definition) is 8. The molecular weight excluding hydrogens is 496 g/mol. The molecule has 0 unspecified atom stereocenters. The maximum absolute atomic E-state index is 6.31. The highest BCUT2D eigenvalue weighted by Crippen LogP contribution is 2.58. The van der Waals surface area contributed by atoms with Gasteiger partial charge < -0.3 is 22.9 Å². The van der Waals surface area contributed by atoms with Crippen molar-refractivity contribution in [1.29, 1.82) is 0 Å². The zero-order valence-corrected chi connectivity index (χ0v) is 21.3. The average molecular weight is 521 g/mol. The molecule has 9 rings (SSSR count). The molecule has 0 fully saturated rings. The van der Waals surface area contributed by atoms with E-state index in [1.54, 1.807) is 12.4 Å². The van der Waals surface area contributed by atoms with E-state index in [0.29, 0.717) is 22.7 Å². The average Bonchev–Trinajstić information content (AvgIpc) is 2.97. The van der Waals surface area contributed by atoms with Crippen LogP contribution < -0.4 is 22.9 Å². The number of nitrogen functional groups attached to an aromatic ring is 4. The van der Waals surface area contributed by atoms with Crippen LogP contribution in [0, 0.1) is 0 Å². The molecule has 40 heavy (non-hydrogen) atoms. The number of aromatic nitrogens is 4. The fourth-order valence-electron chi connectivity index (χ4n) is 6.39. The van der Waals surface area contributed by atoms with Crippen LogP contribution in [0.5, 0.6) is 0 Å². The zero-order valence-electron chi connectivity index (χ0n) is 21.3. The van der Waals surface area contributed by atoms with E-state index in [0.717, 1.165) is 66.9 Å². The van der Waals surface area contributed by atoms with Gasteiger partial charge in [0.25, 0.3) is 0 Å². The van der Waals surface area contributed by atoms with Crippen molar-refractivity contribution in [2.24, 2.45) is 0 Å². The molecule has 0 spiro atoms. The highest BCUT2D eigenvalue weighted by atomic mass is 14.8. The lowest BCUT2D eigenvalue weighted by atomic mass is 9.60. The van der Waals surface area contributed by atoms with Crippen molar-refractivity contribution in [1.82, 2.24) is 19.9 Å². The standard InChI is InChI=1S/C32H24N8/c33-23-7-17-19(9-25(23)35)30-20-10-26(36)24(34)8-18(20)29(17)21-11-27-28(12-22(21)30)40-32(16-4-2-6-38-14-16)31(39-27)15-3-1-5-37-13-15/h1-14,29-30H,33-36H2. The molecule has 3 aliphatic rings. The van der Waals surface area contributed by atoms with Gasteiger partial charge in [-0.3, -0.25) is 9.97 Å². The summed E-state index contributed by atoms with van der Waals surface area (Å²) >= 11 is 0. The third-order valence-electron chi connectivity index (χ3n) is 8.18. The van der Waals surface area contributed by atoms with Crippen molar-refractivity contribution in [3.8, 4) is 22.5 Å². The molecular formula is C32H24N8. The predicted octanol–water partition coefficient (Wildman–Crippen LogP) is 5.07. The van der Waals surface area contributed by atoms with Crippen LogP contribution in [0.25, 0.3) is 33.5 Å². The molecule has 8 heteroatoms. The Bertz CT molecular complexity index is 1800. The van der Waals surface area contributed by atoms with Gasteiger partial charge in [-0.05, 0) is 94.0 Å². The minimum atomic E-state index is -0.0816. The lowest BCUT2D eigenvalue weighted by Crippen LogP contribution is -2.28. The van der Waals surface area contributed by atoms with Crippen molar-refractivity contribution < 1.29 is 0 Å². The SMILES string of the molecule is Nc1cc2c(cc1N)C1c3cc(N)c(N)cc3C2c2cc3nc(-c4cccnc4)c(-c4cccnc4)nc3cc21. The van der Waals surface area contributed by atoms with Gasteiger partial charge >= 0.3 is 0 Å². The van der Waals surface area contributed by atoms with Crippen LogP contribution in [0.4, 0.5) is 22.7 Å². The summed E-state index contributed by atoms with van der Waals surface area (Å²) in [5.41, 5.74) is 39.2. The van der Waals surface area contributed by atoms with Crippen molar-refractivity contribution >= 4 is 33.8 Å². The first-order valence-corrected chi connectivity index (χ1v) is 13.0. The van der Waals surface area contributed by atoms with E-state index < -0.39 is 0 Å². The number of nitrogens with zero attached hydrogens (tertiary/aromatic N) is 4. The summed E-state index contributed by atoms with van der Waals surface area (Å²) in [6.45, 7) is 0. The van der Waals surface area contributed by atoms with Gasteiger partial charge in [0.05, 0.1) is 45.2 Å². The molecule has 0 saturated heterocycles. The van der Waals surface area contributed by atoms with Gasteiger partial charge in [-0.25, -0.2) is 9.97 Å². The molecule has 0 amide bonds. The Morgan fingerprint density at radius 3 is 1.15 bits per heavy atom. The molecule has 8 N–H and O–H groups in total. The van der Waals surface area contributed by atoms with Crippen molar-refractivity contribution in [2.45, 2.75) is 11.8 Å². The number of pyridine rings is 2. The van der Waals surface area contributed by atoms with E-state index in [1.807, 2.05) is 60.9 Å². The first-order chi connectivity index (χ1) is 19.5. The van der Waals surface area contributed by atoms with E-state index in [9.17, 15) is 0 Å². The van der Waals surface area contributed by atoms with Gasteiger partial charge in [0.1, 0.15) is 0 Å². The van der Waals surface area contributed by atoms with Gasteiger partial charge in [-0.2, -0.15) is 0 Å². The maximum Gasteiger partial charge on any atom is 0.0989 e. The third-order valence-corrected chi connectivity index (χ3v) is 8.18. The number of fused-ring (bicyclic) bond motifs is 1. The van der Waals surface area contributed by atoms with Crippen LogP contribution in [-0.4, -0.2) is 19.9 Å². The summed E-state index contributed by atoms with van der Waals surface area (Å²) in [6, 6.07) is 20.1. The maximum atomic E-state index is 6.31. The van der Waals surface area contributed by atoms with E-state index >= 15 is 0 Å². The van der Waals surface area contributed by atoms with Crippen molar-refractivity contribution in [3.05, 3.63) is 119 Å². The van der Waals surface area contributed by atoms with Crippen LogP contribution in [0.3, 0.4) is 0 Å². The Labute approximate surface area is 229 Å². The molecule has 192 valence electrons. The minimum absolute atomic E-state index is 0.0816. The second-order valence-electron chi connectivity index (χ2n) is 10.5. The second kappa shape index (κ2) is 8.00. The van der Waals surface area contributed by atoms with Gasteiger partial charge in [0, 0.05) is 47.8 Å². The Balaban J connectivity index is 1.43. The highest BCUT2D eigenvalue weighted by Gasteiger charge is 2.42. The molecule has 6 aromatic rings. The topological polar surface area (TPSA) is 156 Å². The molecule has 0 radical (unpaired) electrons. The third kappa shape index (κ3) is 3.07. The summed E-state index contributed by atoms with van der Waals surface area (Å²) in [5, 5.41) is 0. The first kappa shape index (κ1) is 22.5. The highest BCUT2D eigenvalue weighted by molar-refractivity contribution is 5.89. The Morgan fingerprint density at radius 2 is 0.825 bits per heavy atom. The van der Waals surface area contributed by atoms with Crippen LogP contribution >= 0.6 is 0 Å². The smallest absolute Gasteiger partial charge is 0.0989 e. The van der Waals surface area contributed by atoms with Crippen molar-refractivity contribution in [3.63, 3.8) is 0 Å². The van der Waals surface area contributed by atoms with E-state index in [2.05, 4.69) is 22.1 Å². The fraction of sp³-hybridized carbons (Fsp3) is 0.0625. The number of rotatable bonds is 2. The Kier molecular flexibility index (Phi) is 4.50. The molecule has 3 heterocycles. The molecule has 3 aromatic carbocycles. The monoisotopic (exact) mass is 520 g/mol. The summed E-state index contributed by atoms with van der Waals surface area (Å²) in [6.07, 6.45) is 7.12. The predicted molar refractivity (Wildman–Crippen MR) is 158 cm³/mol. The summed E-state index contributed by atoms with van der Waals surface area (Å²) in [7, 11) is 0. The largest absolute Gasteiger partial charge is 0.397 e. The molecule has 2 bridgehead atoms. The van der Waals surface area contributed by atoms with Crippen LogP contribution in [0.2, 0.25) is 0 Å². The number of nitrogens with two attached hydrogens (primary N) is 4. The summed E-state index contributed by atoms with van der Waals surface area (Å²) in [4.78, 5) is 19.0. The van der Waals surface area contributed by atoms with Gasteiger partial charge in [-0.15, -0.1) is 0 Å². The van der Waals surface area contributed by atoms with Crippen molar-refractivity contribution in [2.75, 3.05) is 22.9 Å². The normalized spacial score (nSPS) is 16.4. The van der Waals surface area contributed by atoms with Gasteiger partial charge in [0.15, 0.2) is 0 Å². The lowest BCUT2D eigenvalue weighted by molar-refractivity contribution is 0.757. The molecule has 3 aromatic heterocycles. The Morgan fingerprint density at radius 1 is 0.475 bits per heavy atom. The zero-order chi connectivity index (χ0) is 27.1. The molecule has 0 atom stereocenters. The van der Waals surface area contributed by atoms with Crippen LogP contribution in [-0.2, 0) is 0 Å². The molecule has 0 aliphatic heterocycles. The quantitative estimate of drug-likeness (QED) is 0.230. The summed E-state index contributed by atoms with van der Waals surface area (Å²) in [5.74, 6) is -0.163. The van der Waals surface area contributed by atoms with E-state index in [-0.39, 0.29) is 11.8 Å². The molecule has 0 saturated carbocycles. The van der Waals surface area contributed by atoms with E-state index in [1.165, 1.54) is 0 Å². The lowest BCUT2D eigenvalue weighted by Gasteiger charge is -2.42. The molecule has 8 nitrogen and oxygen atoms in total. The van der Waals surface area contributed by atoms with Gasteiger partial charge in [-0.1, -0.05) is 0 Å². The Hall–Kier alpha value is -5.50. The number of anilines is 4. The second-order valence-corrected chi connectivity index (χ2v) is 10.5. The first-order valence-electron chi connectivity index (χ1n) is 13.0.